The van der Waals surface area contributed by atoms with Gasteiger partial charge in [0.25, 0.3) is 5.91 Å². The predicted molar refractivity (Wildman–Crippen MR) is 151 cm³/mol. The van der Waals surface area contributed by atoms with Crippen molar-refractivity contribution in [1.82, 2.24) is 14.4 Å². The van der Waals surface area contributed by atoms with Gasteiger partial charge in [0.05, 0.1) is 26.7 Å². The maximum Gasteiger partial charge on any atom is 0.490 e. The Bertz CT molecular complexity index is 1570. The largest absolute Gasteiger partial charge is 0.507 e. The molecule has 41 heavy (non-hydrogen) atoms. The summed E-state index contributed by atoms with van der Waals surface area (Å²) < 4.78 is 34.3. The SMILES string of the molecule is C[N+](C)(C)c1ccc(CNC(=O)c2cc3c(O)cccc3n2Cc2cccc(C(=N)N)c2)cc1.O=C(O)C(F)(F)F. The van der Waals surface area contributed by atoms with Crippen LogP contribution in [0, 0.1) is 5.41 Å². The minimum Gasteiger partial charge on any atom is -0.507 e. The Kier molecular flexibility index (Phi) is 9.08. The number of benzene rings is 3. The lowest BCUT2D eigenvalue weighted by molar-refractivity contribution is -0.192. The first kappa shape index (κ1) is 30.7. The molecule has 9 nitrogen and oxygen atoms in total. The third-order valence-corrected chi connectivity index (χ3v) is 6.14. The number of nitrogens with two attached hydrogens (primary N) is 1. The van der Waals surface area contributed by atoms with Gasteiger partial charge in [-0.25, -0.2) is 4.79 Å². The van der Waals surface area contributed by atoms with E-state index in [1.165, 1.54) is 5.69 Å². The number of hydrogen-bond acceptors (Lipinski definition) is 4. The molecule has 1 aromatic heterocycles. The molecular formula is C29H31F3N5O4+. The normalized spacial score (nSPS) is 11.5. The Labute approximate surface area is 234 Å². The summed E-state index contributed by atoms with van der Waals surface area (Å²) in [6.07, 6.45) is -5.08. The van der Waals surface area contributed by atoms with E-state index in [0.29, 0.717) is 29.7 Å². The predicted octanol–water partition coefficient (Wildman–Crippen LogP) is 4.44. The van der Waals surface area contributed by atoms with Crippen LogP contribution in [0.1, 0.15) is 27.2 Å². The van der Waals surface area contributed by atoms with E-state index in [1.54, 1.807) is 24.3 Å². The Hall–Kier alpha value is -4.84. The van der Waals surface area contributed by atoms with Gasteiger partial charge in [-0.2, -0.15) is 13.2 Å². The Morgan fingerprint density at radius 3 is 2.15 bits per heavy atom. The van der Waals surface area contributed by atoms with Gasteiger partial charge in [0.15, 0.2) is 0 Å². The molecule has 0 aliphatic carbocycles. The van der Waals surface area contributed by atoms with E-state index >= 15 is 0 Å². The maximum atomic E-state index is 13.2. The number of aromatic hydroxyl groups is 1. The number of alkyl halides is 3. The minimum absolute atomic E-state index is 0.00824. The number of amides is 1. The highest BCUT2D eigenvalue weighted by Crippen LogP contribution is 2.29. The second-order valence-corrected chi connectivity index (χ2v) is 10.1. The zero-order chi connectivity index (χ0) is 30.5. The number of carbonyl (C=O) groups is 2. The monoisotopic (exact) mass is 570 g/mol. The lowest BCUT2D eigenvalue weighted by Gasteiger charge is -2.23. The number of quaternary nitrogens is 1. The van der Waals surface area contributed by atoms with Crippen LogP contribution in [0.5, 0.6) is 5.75 Å². The summed E-state index contributed by atoms with van der Waals surface area (Å²) in [6.45, 7) is 0.790. The third-order valence-electron chi connectivity index (χ3n) is 6.14. The van der Waals surface area contributed by atoms with E-state index in [-0.39, 0.29) is 17.5 Å². The van der Waals surface area contributed by atoms with Crippen molar-refractivity contribution in [3.8, 4) is 5.75 Å². The van der Waals surface area contributed by atoms with Crippen molar-refractivity contribution in [2.24, 2.45) is 5.73 Å². The smallest absolute Gasteiger partial charge is 0.490 e. The number of fused-ring (bicyclic) bond motifs is 1. The number of amidine groups is 1. The molecule has 4 aromatic rings. The molecule has 4 rings (SSSR count). The molecule has 0 spiro atoms. The van der Waals surface area contributed by atoms with Crippen molar-refractivity contribution in [3.63, 3.8) is 0 Å². The lowest BCUT2D eigenvalue weighted by atomic mass is 10.1. The summed E-state index contributed by atoms with van der Waals surface area (Å²) in [5.74, 6) is -2.87. The number of hydrogen-bond donors (Lipinski definition) is 5. The van der Waals surface area contributed by atoms with Crippen LogP contribution in [0.3, 0.4) is 0 Å². The second-order valence-electron chi connectivity index (χ2n) is 10.1. The van der Waals surface area contributed by atoms with Gasteiger partial charge in [-0.3, -0.25) is 14.7 Å². The maximum absolute atomic E-state index is 13.2. The quantitative estimate of drug-likeness (QED) is 0.127. The zero-order valence-corrected chi connectivity index (χ0v) is 22.7. The van der Waals surface area contributed by atoms with Gasteiger partial charge in [-0.05, 0) is 47.5 Å². The lowest BCUT2D eigenvalue weighted by Crippen LogP contribution is -2.34. The highest BCUT2D eigenvalue weighted by molar-refractivity contribution is 6.00. The number of nitrogens with zero attached hydrogens (tertiary/aromatic N) is 2. The Balaban J connectivity index is 0.000000587. The number of nitrogen functional groups attached to an aromatic ring is 1. The molecule has 6 N–H and O–H groups in total. The highest BCUT2D eigenvalue weighted by atomic mass is 19.4. The molecule has 1 amide bonds. The van der Waals surface area contributed by atoms with Crippen LogP contribution in [-0.4, -0.2) is 59.8 Å². The van der Waals surface area contributed by atoms with E-state index in [9.17, 15) is 23.1 Å². The molecule has 12 heteroatoms. The molecule has 3 aromatic carbocycles. The van der Waals surface area contributed by atoms with Crippen molar-refractivity contribution in [3.05, 3.63) is 95.2 Å². The molecule has 0 aliphatic heterocycles. The van der Waals surface area contributed by atoms with E-state index in [0.717, 1.165) is 21.1 Å². The van der Waals surface area contributed by atoms with E-state index < -0.39 is 12.1 Å². The standard InChI is InChI=1S/C27H29N5O2.C2HF3O2/c1-32(2,3)21-12-10-18(11-13-21)16-30-27(34)24-15-22-23(8-5-9-25(22)33)31(24)17-19-6-4-7-20(14-19)26(28)29;3-2(4,5)1(6)7/h4-15H,16-17H2,1-3H3,(H4-,28,29,30,33,34);(H,6,7)/p+1. The van der Waals surface area contributed by atoms with Gasteiger partial charge < -0.3 is 25.8 Å². The number of carboxylic acid groups (broad SMARTS) is 1. The number of rotatable bonds is 7. The molecule has 216 valence electrons. The molecular weight excluding hydrogens is 539 g/mol. The molecule has 0 saturated heterocycles. The van der Waals surface area contributed by atoms with Gasteiger partial charge in [-0.1, -0.05) is 36.4 Å². The van der Waals surface area contributed by atoms with Crippen LogP contribution in [0.4, 0.5) is 18.9 Å². The van der Waals surface area contributed by atoms with Gasteiger partial charge >= 0.3 is 12.1 Å². The summed E-state index contributed by atoms with van der Waals surface area (Å²) in [5.41, 5.74) is 10.6. The molecule has 1 heterocycles. The Morgan fingerprint density at radius 2 is 1.59 bits per heavy atom. The van der Waals surface area contributed by atoms with E-state index in [2.05, 4.69) is 38.6 Å². The average Bonchev–Trinajstić information content (AvgIpc) is 3.26. The molecule has 0 radical (unpaired) electrons. The van der Waals surface area contributed by atoms with Crippen LogP contribution < -0.4 is 15.5 Å². The number of aliphatic carboxylic acids is 1. The van der Waals surface area contributed by atoms with Crippen LogP contribution >= 0.6 is 0 Å². The van der Waals surface area contributed by atoms with Crippen molar-refractivity contribution in [2.75, 3.05) is 21.1 Å². The fraction of sp³-hybridized carbons (Fsp3) is 0.207. The van der Waals surface area contributed by atoms with Gasteiger partial charge in [0.2, 0.25) is 0 Å². The van der Waals surface area contributed by atoms with Crippen LogP contribution in [0.2, 0.25) is 0 Å². The summed E-state index contributed by atoms with van der Waals surface area (Å²) in [5, 5.41) is 28.8. The number of carboxylic acids is 1. The van der Waals surface area contributed by atoms with Crippen molar-refractivity contribution >= 4 is 34.3 Å². The molecule has 0 bridgehead atoms. The third kappa shape index (κ3) is 7.85. The van der Waals surface area contributed by atoms with Crippen LogP contribution in [-0.2, 0) is 17.9 Å². The highest BCUT2D eigenvalue weighted by Gasteiger charge is 2.38. The number of carbonyl (C=O) groups excluding carboxylic acids is 1. The van der Waals surface area contributed by atoms with Crippen molar-refractivity contribution in [1.29, 1.82) is 5.41 Å². The van der Waals surface area contributed by atoms with Gasteiger partial charge in [0.1, 0.15) is 23.0 Å². The summed E-state index contributed by atoms with van der Waals surface area (Å²) >= 11 is 0. The number of nitrogens with one attached hydrogen (secondary N) is 2. The fourth-order valence-corrected chi connectivity index (χ4v) is 3.98. The average molecular weight is 571 g/mol. The Morgan fingerprint density at radius 1 is 0.976 bits per heavy atom. The van der Waals surface area contributed by atoms with Gasteiger partial charge in [0, 0.05) is 24.0 Å². The molecule has 0 atom stereocenters. The topological polar surface area (TPSA) is 141 Å². The number of halogens is 3. The number of phenols is 1. The first-order chi connectivity index (χ1) is 19.1. The molecule has 0 unspecified atom stereocenters. The second kappa shape index (κ2) is 12.1. The summed E-state index contributed by atoms with van der Waals surface area (Å²) in [6, 6.07) is 22.5. The summed E-state index contributed by atoms with van der Waals surface area (Å²) in [7, 11) is 6.32. The number of phenolic OH excluding ortho intramolecular Hbond substituents is 1. The van der Waals surface area contributed by atoms with Crippen LogP contribution in [0.15, 0.2) is 72.8 Å². The molecule has 0 aliphatic rings. The first-order valence-corrected chi connectivity index (χ1v) is 12.3. The van der Waals surface area contributed by atoms with Crippen LogP contribution in [0.25, 0.3) is 10.9 Å². The van der Waals surface area contributed by atoms with E-state index in [4.69, 9.17) is 21.0 Å². The molecule has 0 fully saturated rings. The minimum atomic E-state index is -5.08. The fourth-order valence-electron chi connectivity index (χ4n) is 3.98. The van der Waals surface area contributed by atoms with Crippen molar-refractivity contribution < 1.29 is 33.0 Å². The first-order valence-electron chi connectivity index (χ1n) is 12.3. The molecule has 0 saturated carbocycles. The zero-order valence-electron chi connectivity index (χ0n) is 22.7. The number of aromatic nitrogens is 1. The van der Waals surface area contributed by atoms with Crippen molar-refractivity contribution in [2.45, 2.75) is 19.3 Å². The van der Waals surface area contributed by atoms with Gasteiger partial charge in [-0.15, -0.1) is 0 Å². The van der Waals surface area contributed by atoms with E-state index in [1.807, 2.05) is 41.0 Å². The summed E-state index contributed by atoms with van der Waals surface area (Å²) in [4.78, 5) is 22.1.